The Morgan fingerprint density at radius 2 is 1.93 bits per heavy atom. The number of carbonyl (C=O) groups is 2. The van der Waals surface area contributed by atoms with Crippen molar-refractivity contribution >= 4 is 29.2 Å². The topological polar surface area (TPSA) is 81.9 Å². The molecular formula is C19H15ClN2O5. The molecule has 3 rings (SSSR count). The third-order valence-corrected chi connectivity index (χ3v) is 4.14. The van der Waals surface area contributed by atoms with Crippen molar-refractivity contribution in [2.45, 2.75) is 0 Å². The average Bonchev–Trinajstić information content (AvgIpc) is 3.13. The van der Waals surface area contributed by atoms with Crippen LogP contribution >= 0.6 is 11.6 Å². The Balaban J connectivity index is 2.18. The van der Waals surface area contributed by atoms with E-state index in [1.165, 1.54) is 37.8 Å². The maximum atomic E-state index is 12.5. The second-order valence-electron chi connectivity index (χ2n) is 5.35. The van der Waals surface area contributed by atoms with Gasteiger partial charge in [-0.25, -0.2) is 14.6 Å². The van der Waals surface area contributed by atoms with Gasteiger partial charge in [0.25, 0.3) is 0 Å². The number of anilines is 1. The molecule has 1 aliphatic heterocycles. The molecule has 138 valence electrons. The van der Waals surface area contributed by atoms with Crippen molar-refractivity contribution < 1.29 is 23.5 Å². The number of benzene rings is 1. The predicted molar refractivity (Wildman–Crippen MR) is 98.8 cm³/mol. The normalized spacial score (nSPS) is 13.5. The summed E-state index contributed by atoms with van der Waals surface area (Å²) >= 11 is 6.27. The molecule has 1 aliphatic rings. The van der Waals surface area contributed by atoms with Crippen LogP contribution in [0.1, 0.15) is 0 Å². The van der Waals surface area contributed by atoms with Gasteiger partial charge in [0.1, 0.15) is 5.70 Å². The fourth-order valence-corrected chi connectivity index (χ4v) is 2.78. The van der Waals surface area contributed by atoms with Gasteiger partial charge in [-0.1, -0.05) is 17.7 Å². The van der Waals surface area contributed by atoms with E-state index in [-0.39, 0.29) is 11.3 Å². The average molecular weight is 387 g/mol. The zero-order valence-electron chi connectivity index (χ0n) is 14.5. The number of hydrogen-bond donors (Lipinski definition) is 0. The molecule has 0 unspecified atom stereocenters. The van der Waals surface area contributed by atoms with Gasteiger partial charge in [-0.2, -0.15) is 0 Å². The molecule has 0 aliphatic carbocycles. The number of oxazole rings is 1. The Bertz CT molecular complexity index is 960. The fourth-order valence-electron chi connectivity index (χ4n) is 2.57. The van der Waals surface area contributed by atoms with Crippen molar-refractivity contribution in [3.05, 3.63) is 71.5 Å². The Labute approximate surface area is 160 Å². The van der Waals surface area contributed by atoms with Gasteiger partial charge >= 0.3 is 11.9 Å². The summed E-state index contributed by atoms with van der Waals surface area (Å²) in [7, 11) is 2.48. The molecule has 0 amide bonds. The molecule has 1 aromatic heterocycles. The van der Waals surface area contributed by atoms with E-state index >= 15 is 0 Å². The van der Waals surface area contributed by atoms with Gasteiger partial charge in [-0.3, -0.25) is 0 Å². The molecule has 8 heteroatoms. The minimum Gasteiger partial charge on any atom is -0.465 e. The SMILES string of the molecule is COC(=O)C1=C(C(=O)OC)N(c2ccc(Cl)c(-c3cnco3)c2)C=CC=C1. The van der Waals surface area contributed by atoms with Crippen molar-refractivity contribution in [2.75, 3.05) is 19.1 Å². The summed E-state index contributed by atoms with van der Waals surface area (Å²) in [5.41, 5.74) is 1.22. The van der Waals surface area contributed by atoms with Crippen molar-refractivity contribution in [1.29, 1.82) is 0 Å². The summed E-state index contributed by atoms with van der Waals surface area (Å²) in [5, 5.41) is 0.448. The second-order valence-corrected chi connectivity index (χ2v) is 5.75. The molecule has 0 atom stereocenters. The van der Waals surface area contributed by atoms with Gasteiger partial charge < -0.3 is 18.8 Å². The van der Waals surface area contributed by atoms with E-state index in [4.69, 9.17) is 25.5 Å². The van der Waals surface area contributed by atoms with Crippen LogP contribution in [0.25, 0.3) is 11.3 Å². The highest BCUT2D eigenvalue weighted by atomic mass is 35.5. The summed E-state index contributed by atoms with van der Waals surface area (Å²) in [5.74, 6) is -0.886. The fraction of sp³-hybridized carbons (Fsp3) is 0.105. The maximum Gasteiger partial charge on any atom is 0.355 e. The lowest BCUT2D eigenvalue weighted by Gasteiger charge is -2.23. The minimum absolute atomic E-state index is 0.0141. The Morgan fingerprint density at radius 3 is 2.59 bits per heavy atom. The van der Waals surface area contributed by atoms with Crippen LogP contribution in [0, 0.1) is 0 Å². The first-order valence-corrected chi connectivity index (χ1v) is 8.18. The highest BCUT2D eigenvalue weighted by Gasteiger charge is 2.27. The second kappa shape index (κ2) is 7.92. The van der Waals surface area contributed by atoms with Crippen molar-refractivity contribution in [1.82, 2.24) is 4.98 Å². The number of carbonyl (C=O) groups excluding carboxylic acids is 2. The van der Waals surface area contributed by atoms with E-state index in [1.54, 1.807) is 36.6 Å². The molecule has 2 heterocycles. The molecule has 0 N–H and O–H groups in total. The first-order chi connectivity index (χ1) is 13.1. The molecule has 0 fully saturated rings. The lowest BCUT2D eigenvalue weighted by molar-refractivity contribution is -0.139. The van der Waals surface area contributed by atoms with E-state index in [1.807, 2.05) is 0 Å². The van der Waals surface area contributed by atoms with E-state index in [2.05, 4.69) is 4.98 Å². The van der Waals surface area contributed by atoms with Crippen LogP contribution in [-0.4, -0.2) is 31.1 Å². The standard InChI is InChI=1S/C19H15ClN2O5/c1-25-18(23)13-5-3-4-8-22(17(13)19(24)26-2)12-6-7-15(20)14(9-12)16-10-21-11-27-16/h3-11H,1-2H3. The Hall–Kier alpha value is -3.32. The number of esters is 2. The monoisotopic (exact) mass is 386 g/mol. The lowest BCUT2D eigenvalue weighted by Crippen LogP contribution is -2.27. The molecule has 7 nitrogen and oxygen atoms in total. The van der Waals surface area contributed by atoms with E-state index in [9.17, 15) is 9.59 Å². The van der Waals surface area contributed by atoms with Crippen LogP contribution in [0.15, 0.2) is 70.9 Å². The highest BCUT2D eigenvalue weighted by molar-refractivity contribution is 6.33. The smallest absolute Gasteiger partial charge is 0.355 e. The highest BCUT2D eigenvalue weighted by Crippen LogP contribution is 2.34. The van der Waals surface area contributed by atoms with Crippen molar-refractivity contribution in [2.24, 2.45) is 0 Å². The van der Waals surface area contributed by atoms with Crippen LogP contribution in [0.2, 0.25) is 5.02 Å². The van der Waals surface area contributed by atoms with Gasteiger partial charge in [0.15, 0.2) is 12.2 Å². The zero-order valence-corrected chi connectivity index (χ0v) is 15.3. The van der Waals surface area contributed by atoms with Crippen molar-refractivity contribution in [3.8, 4) is 11.3 Å². The largest absolute Gasteiger partial charge is 0.465 e. The number of ether oxygens (including phenoxy) is 2. The molecule has 1 aromatic carbocycles. The Kier molecular flexibility index (Phi) is 5.42. The summed E-state index contributed by atoms with van der Waals surface area (Å²) in [6.45, 7) is 0. The van der Waals surface area contributed by atoms with Crippen molar-refractivity contribution in [3.63, 3.8) is 0 Å². The molecule has 0 saturated heterocycles. The summed E-state index contributed by atoms with van der Waals surface area (Å²) < 4.78 is 15.0. The predicted octanol–water partition coefficient (Wildman–Crippen LogP) is 3.49. The molecule has 0 spiro atoms. The first-order valence-electron chi connectivity index (χ1n) is 7.80. The molecule has 27 heavy (non-hydrogen) atoms. The molecule has 2 aromatic rings. The van der Waals surface area contributed by atoms with Crippen LogP contribution in [0.3, 0.4) is 0 Å². The van der Waals surface area contributed by atoms with Crippen LogP contribution in [0.4, 0.5) is 5.69 Å². The number of halogens is 1. The third-order valence-electron chi connectivity index (χ3n) is 3.82. The van der Waals surface area contributed by atoms with Crippen LogP contribution in [0.5, 0.6) is 0 Å². The molecular weight excluding hydrogens is 372 g/mol. The Morgan fingerprint density at radius 1 is 1.15 bits per heavy atom. The minimum atomic E-state index is -0.692. The van der Waals surface area contributed by atoms with Gasteiger partial charge in [0, 0.05) is 17.5 Å². The number of nitrogens with zero attached hydrogens (tertiary/aromatic N) is 2. The van der Waals surface area contributed by atoms with Crippen LogP contribution < -0.4 is 4.90 Å². The van der Waals surface area contributed by atoms with Gasteiger partial charge in [0.05, 0.1) is 31.0 Å². The molecule has 0 radical (unpaired) electrons. The maximum absolute atomic E-state index is 12.5. The number of hydrogen-bond acceptors (Lipinski definition) is 7. The van der Waals surface area contributed by atoms with Gasteiger partial charge in [-0.05, 0) is 30.4 Å². The van der Waals surface area contributed by atoms with E-state index < -0.39 is 11.9 Å². The molecule has 0 bridgehead atoms. The lowest BCUT2D eigenvalue weighted by atomic mass is 10.1. The summed E-state index contributed by atoms with van der Waals surface area (Å²) in [6, 6.07) is 5.08. The zero-order chi connectivity index (χ0) is 19.4. The van der Waals surface area contributed by atoms with E-state index in [0.717, 1.165) is 0 Å². The van der Waals surface area contributed by atoms with Crippen LogP contribution in [-0.2, 0) is 19.1 Å². The quantitative estimate of drug-likeness (QED) is 0.744. The molecule has 0 saturated carbocycles. The number of allylic oxidation sites excluding steroid dienone is 2. The number of rotatable bonds is 4. The van der Waals surface area contributed by atoms with Gasteiger partial charge in [-0.15, -0.1) is 0 Å². The first kappa shape index (κ1) is 18.5. The number of aromatic nitrogens is 1. The summed E-state index contributed by atoms with van der Waals surface area (Å²) in [6.07, 6.45) is 9.25. The van der Waals surface area contributed by atoms with Gasteiger partial charge in [0.2, 0.25) is 0 Å². The van der Waals surface area contributed by atoms with E-state index in [0.29, 0.717) is 22.0 Å². The number of methoxy groups -OCH3 is 2. The third kappa shape index (κ3) is 3.63. The summed E-state index contributed by atoms with van der Waals surface area (Å²) in [4.78, 5) is 30.1.